The van der Waals surface area contributed by atoms with Crippen LogP contribution >= 0.6 is 0 Å². The molecule has 0 aliphatic carbocycles. The Morgan fingerprint density at radius 3 is 2.33 bits per heavy atom. The lowest BCUT2D eigenvalue weighted by molar-refractivity contribution is 0.0241. The van der Waals surface area contributed by atoms with Gasteiger partial charge in [-0.3, -0.25) is 0 Å². The van der Waals surface area contributed by atoms with Crippen LogP contribution in [0, 0.1) is 6.92 Å². The maximum absolute atomic E-state index is 12.2. The second-order valence-electron chi connectivity index (χ2n) is 4.75. The number of carbonyl (C=O) groups is 1. The van der Waals surface area contributed by atoms with Gasteiger partial charge in [0.05, 0.1) is 17.3 Å². The van der Waals surface area contributed by atoms with Crippen LogP contribution in [-0.4, -0.2) is 33.0 Å². The third-order valence-corrected chi connectivity index (χ3v) is 4.83. The lowest BCUT2D eigenvalue weighted by Crippen LogP contribution is -2.22. The molecule has 1 aromatic carbocycles. The molecule has 0 spiro atoms. The molecule has 0 N–H and O–H groups in total. The largest absolute Gasteiger partial charge is 0.508 e. The monoisotopic (exact) mass is 314 g/mol. The van der Waals surface area contributed by atoms with E-state index in [9.17, 15) is 13.2 Å². The molecule has 0 bridgehead atoms. The zero-order valence-corrected chi connectivity index (χ0v) is 13.5. The third kappa shape index (κ3) is 5.75. The average molecular weight is 314 g/mol. The lowest BCUT2D eigenvalue weighted by Gasteiger charge is -2.15. The summed E-state index contributed by atoms with van der Waals surface area (Å²) in [6, 6.07) is 6.72. The first kappa shape index (κ1) is 17.5. The number of aryl methyl sites for hydroxylation is 1. The van der Waals surface area contributed by atoms with Crippen molar-refractivity contribution in [3.63, 3.8) is 0 Å². The van der Waals surface area contributed by atoms with Gasteiger partial charge in [0, 0.05) is 0 Å². The predicted octanol–water partition coefficient (Wildman–Crippen LogP) is 3.11. The summed E-state index contributed by atoms with van der Waals surface area (Å²) in [5.41, 5.74) is 1.01. The van der Waals surface area contributed by atoms with Gasteiger partial charge in [-0.1, -0.05) is 24.6 Å². The lowest BCUT2D eigenvalue weighted by atomic mass is 10.2. The van der Waals surface area contributed by atoms with Crippen LogP contribution < -0.4 is 0 Å². The molecule has 6 heteroatoms. The normalized spacial score (nSPS) is 12.7. The van der Waals surface area contributed by atoms with Gasteiger partial charge in [0.15, 0.2) is 9.84 Å². The van der Waals surface area contributed by atoms with Gasteiger partial charge in [0.1, 0.15) is 6.10 Å². The van der Waals surface area contributed by atoms with Gasteiger partial charge in [0.2, 0.25) is 0 Å². The topological polar surface area (TPSA) is 69.7 Å². The summed E-state index contributed by atoms with van der Waals surface area (Å²) < 4.78 is 34.2. The Bertz CT molecular complexity index is 548. The average Bonchev–Trinajstić information content (AvgIpc) is 2.44. The van der Waals surface area contributed by atoms with Gasteiger partial charge in [-0.25, -0.2) is 13.2 Å². The van der Waals surface area contributed by atoms with E-state index in [0.29, 0.717) is 11.3 Å². The van der Waals surface area contributed by atoms with Crippen LogP contribution in [0.15, 0.2) is 29.2 Å². The first-order chi connectivity index (χ1) is 9.89. The van der Waals surface area contributed by atoms with E-state index in [1.54, 1.807) is 31.2 Å². The minimum absolute atomic E-state index is 0.0615. The highest BCUT2D eigenvalue weighted by Gasteiger charge is 2.19. The van der Waals surface area contributed by atoms with E-state index < -0.39 is 22.1 Å². The maximum atomic E-state index is 12.2. The summed E-state index contributed by atoms with van der Waals surface area (Å²) in [6.45, 7) is 5.65. The molecule has 21 heavy (non-hydrogen) atoms. The van der Waals surface area contributed by atoms with E-state index in [2.05, 4.69) is 0 Å². The number of benzene rings is 1. The zero-order chi connectivity index (χ0) is 15.9. The summed E-state index contributed by atoms with van der Waals surface area (Å²) in [5, 5.41) is 0. The molecule has 5 nitrogen and oxygen atoms in total. The second kappa shape index (κ2) is 8.02. The Morgan fingerprint density at radius 1 is 1.19 bits per heavy atom. The molecule has 1 atom stereocenters. The van der Waals surface area contributed by atoms with E-state index in [1.165, 1.54) is 0 Å². The van der Waals surface area contributed by atoms with Crippen molar-refractivity contribution in [1.82, 2.24) is 0 Å². The van der Waals surface area contributed by atoms with Crippen molar-refractivity contribution < 1.29 is 22.7 Å². The number of sulfone groups is 1. The number of ether oxygens (including phenoxy) is 2. The quantitative estimate of drug-likeness (QED) is 0.723. The molecule has 1 rings (SSSR count). The first-order valence-electron chi connectivity index (χ1n) is 7.01. The van der Waals surface area contributed by atoms with Gasteiger partial charge in [-0.05, 0) is 38.8 Å². The molecule has 0 aliphatic rings. The van der Waals surface area contributed by atoms with E-state index in [-0.39, 0.29) is 18.8 Å². The fourth-order valence-corrected chi connectivity index (χ4v) is 3.14. The predicted molar refractivity (Wildman–Crippen MR) is 80.0 cm³/mol. The van der Waals surface area contributed by atoms with Crippen molar-refractivity contribution in [2.45, 2.75) is 44.6 Å². The molecule has 0 fully saturated rings. The Morgan fingerprint density at radius 2 is 1.81 bits per heavy atom. The minimum Gasteiger partial charge on any atom is -0.435 e. The summed E-state index contributed by atoms with van der Waals surface area (Å²) in [7, 11) is -3.36. The molecule has 0 heterocycles. The highest BCUT2D eigenvalue weighted by Crippen LogP contribution is 2.15. The van der Waals surface area contributed by atoms with Crippen LogP contribution in [-0.2, 0) is 19.3 Å². The van der Waals surface area contributed by atoms with Gasteiger partial charge in [0.25, 0.3) is 0 Å². The molecular formula is C15H22O5S. The molecule has 0 aromatic heterocycles. The zero-order valence-electron chi connectivity index (χ0n) is 12.7. The van der Waals surface area contributed by atoms with E-state index in [4.69, 9.17) is 9.47 Å². The van der Waals surface area contributed by atoms with Crippen LogP contribution in [0.25, 0.3) is 0 Å². The van der Waals surface area contributed by atoms with Crippen molar-refractivity contribution in [2.75, 3.05) is 12.4 Å². The van der Waals surface area contributed by atoms with Crippen LogP contribution in [0.3, 0.4) is 0 Å². The number of hydrogen-bond acceptors (Lipinski definition) is 5. The maximum Gasteiger partial charge on any atom is 0.508 e. The molecule has 0 saturated carbocycles. The summed E-state index contributed by atoms with van der Waals surface area (Å²) in [4.78, 5) is 11.5. The Labute approximate surface area is 126 Å². The SMILES string of the molecule is CCOC(=O)O[C@H](CC)CCS(=O)(=O)c1ccc(C)cc1. The van der Waals surface area contributed by atoms with Gasteiger partial charge >= 0.3 is 6.16 Å². The van der Waals surface area contributed by atoms with E-state index >= 15 is 0 Å². The fraction of sp³-hybridized carbons (Fsp3) is 0.533. The molecule has 0 amide bonds. The van der Waals surface area contributed by atoms with E-state index in [0.717, 1.165) is 5.56 Å². The fourth-order valence-electron chi connectivity index (χ4n) is 1.78. The summed E-state index contributed by atoms with van der Waals surface area (Å²) >= 11 is 0. The number of rotatable bonds is 7. The highest BCUT2D eigenvalue weighted by atomic mass is 32.2. The van der Waals surface area contributed by atoms with Crippen molar-refractivity contribution >= 4 is 16.0 Å². The summed E-state index contributed by atoms with van der Waals surface area (Å²) in [5.74, 6) is -0.0615. The van der Waals surface area contributed by atoms with Gasteiger partial charge < -0.3 is 9.47 Å². The standard InChI is InChI=1S/C15H22O5S/c1-4-13(20-15(16)19-5-2)10-11-21(17,18)14-8-6-12(3)7-9-14/h6-9,13H,4-5,10-11H2,1-3H3/t13-/m1/s1. The van der Waals surface area contributed by atoms with Gasteiger partial charge in [-0.2, -0.15) is 0 Å². The highest BCUT2D eigenvalue weighted by molar-refractivity contribution is 7.91. The van der Waals surface area contributed by atoms with Crippen molar-refractivity contribution in [3.05, 3.63) is 29.8 Å². The molecular weight excluding hydrogens is 292 g/mol. The minimum atomic E-state index is -3.36. The molecule has 1 aromatic rings. The molecule has 0 saturated heterocycles. The second-order valence-corrected chi connectivity index (χ2v) is 6.86. The van der Waals surface area contributed by atoms with Crippen LogP contribution in [0.2, 0.25) is 0 Å². The van der Waals surface area contributed by atoms with Crippen molar-refractivity contribution in [2.24, 2.45) is 0 Å². The van der Waals surface area contributed by atoms with Crippen molar-refractivity contribution in [1.29, 1.82) is 0 Å². The van der Waals surface area contributed by atoms with Crippen LogP contribution in [0.5, 0.6) is 0 Å². The molecule has 0 unspecified atom stereocenters. The van der Waals surface area contributed by atoms with Crippen molar-refractivity contribution in [3.8, 4) is 0 Å². The Balaban J connectivity index is 2.62. The van der Waals surface area contributed by atoms with Crippen LogP contribution in [0.4, 0.5) is 4.79 Å². The first-order valence-corrected chi connectivity index (χ1v) is 8.67. The Hall–Kier alpha value is -1.56. The third-order valence-electron chi connectivity index (χ3n) is 3.07. The summed E-state index contributed by atoms with van der Waals surface area (Å²) in [6.07, 6.45) is -0.408. The number of hydrogen-bond donors (Lipinski definition) is 0. The smallest absolute Gasteiger partial charge is 0.435 e. The van der Waals surface area contributed by atoms with Gasteiger partial charge in [-0.15, -0.1) is 0 Å². The number of carbonyl (C=O) groups excluding carboxylic acids is 1. The van der Waals surface area contributed by atoms with E-state index in [1.807, 2.05) is 13.8 Å². The Kier molecular flexibility index (Phi) is 6.68. The van der Waals surface area contributed by atoms with Crippen LogP contribution in [0.1, 0.15) is 32.3 Å². The molecule has 0 radical (unpaired) electrons. The molecule has 0 aliphatic heterocycles. The molecule has 118 valence electrons.